The molecule has 0 unspecified atom stereocenters. The fourth-order valence-corrected chi connectivity index (χ4v) is 3.41. The van der Waals surface area contributed by atoms with Crippen molar-refractivity contribution >= 4 is 22.7 Å². The van der Waals surface area contributed by atoms with Crippen molar-refractivity contribution in [1.82, 2.24) is 14.5 Å². The molecule has 3 aromatic rings. The minimum atomic E-state index is -0.00241. The van der Waals surface area contributed by atoms with Crippen molar-refractivity contribution in [3.05, 3.63) is 52.5 Å². The fraction of sp³-hybridized carbons (Fsp3) is 0.312. The fourth-order valence-electron chi connectivity index (χ4n) is 2.28. The molecule has 0 radical (unpaired) electrons. The number of thioether (sulfide) groups is 1. The normalized spacial score (nSPS) is 11.5. The highest BCUT2D eigenvalue weighted by Gasteiger charge is 2.15. The second-order valence-electron chi connectivity index (χ2n) is 5.33. The lowest BCUT2D eigenvalue weighted by Crippen LogP contribution is -2.25. The van der Waals surface area contributed by atoms with E-state index in [1.165, 1.54) is 18.2 Å². The van der Waals surface area contributed by atoms with Crippen molar-refractivity contribution in [3.8, 4) is 0 Å². The van der Waals surface area contributed by atoms with E-state index in [4.69, 9.17) is 4.42 Å². The Kier molecular flexibility index (Phi) is 4.02. The van der Waals surface area contributed by atoms with E-state index < -0.39 is 0 Å². The molecule has 0 aliphatic rings. The van der Waals surface area contributed by atoms with Crippen LogP contribution in [0.15, 0.2) is 45.0 Å². The van der Waals surface area contributed by atoms with Gasteiger partial charge in [-0.25, -0.2) is 9.97 Å². The largest absolute Gasteiger partial charge is 0.447 e. The number of benzene rings is 1. The van der Waals surface area contributed by atoms with Gasteiger partial charge in [0.05, 0.1) is 22.3 Å². The van der Waals surface area contributed by atoms with Crippen molar-refractivity contribution in [3.63, 3.8) is 0 Å². The average molecular weight is 315 g/mol. The number of aryl methyl sites for hydroxylation is 1. The molecule has 1 aromatic carbocycles. The molecular formula is C16H17N3O2S. The van der Waals surface area contributed by atoms with Crippen LogP contribution in [0.4, 0.5) is 0 Å². The first kappa shape index (κ1) is 14.8. The molecular weight excluding hydrogens is 298 g/mol. The highest BCUT2D eigenvalue weighted by Crippen LogP contribution is 2.25. The number of aromatic nitrogens is 3. The molecule has 0 amide bonds. The van der Waals surface area contributed by atoms with Crippen LogP contribution < -0.4 is 5.56 Å². The van der Waals surface area contributed by atoms with Crippen molar-refractivity contribution in [2.45, 2.75) is 37.7 Å². The van der Waals surface area contributed by atoms with Crippen LogP contribution in [-0.2, 0) is 5.75 Å². The van der Waals surface area contributed by atoms with Crippen LogP contribution in [0.5, 0.6) is 0 Å². The van der Waals surface area contributed by atoms with E-state index in [1.807, 2.05) is 45.0 Å². The highest BCUT2D eigenvalue weighted by atomic mass is 32.2. The third-order valence-electron chi connectivity index (χ3n) is 3.47. The molecule has 5 nitrogen and oxygen atoms in total. The van der Waals surface area contributed by atoms with Crippen molar-refractivity contribution in [2.75, 3.05) is 0 Å². The summed E-state index contributed by atoms with van der Waals surface area (Å²) in [5, 5.41) is 1.35. The van der Waals surface area contributed by atoms with Crippen LogP contribution in [-0.4, -0.2) is 14.5 Å². The Balaban J connectivity index is 2.05. The van der Waals surface area contributed by atoms with Crippen molar-refractivity contribution in [2.24, 2.45) is 0 Å². The molecule has 0 aliphatic carbocycles. The number of hydrogen-bond donors (Lipinski definition) is 0. The van der Waals surface area contributed by atoms with E-state index in [-0.39, 0.29) is 11.6 Å². The summed E-state index contributed by atoms with van der Waals surface area (Å²) in [6, 6.07) is 7.48. The predicted octanol–water partition coefficient (Wildman–Crippen LogP) is 3.57. The van der Waals surface area contributed by atoms with Gasteiger partial charge in [-0.2, -0.15) is 0 Å². The van der Waals surface area contributed by atoms with Crippen LogP contribution >= 0.6 is 11.8 Å². The molecule has 3 rings (SSSR count). The lowest BCUT2D eigenvalue weighted by atomic mass is 10.2. The summed E-state index contributed by atoms with van der Waals surface area (Å²) in [6.45, 7) is 5.88. The monoisotopic (exact) mass is 315 g/mol. The summed E-state index contributed by atoms with van der Waals surface area (Å²) >= 11 is 1.49. The van der Waals surface area contributed by atoms with Gasteiger partial charge in [0, 0.05) is 6.04 Å². The van der Waals surface area contributed by atoms with E-state index in [1.54, 1.807) is 4.57 Å². The number of rotatable bonds is 4. The molecule has 0 aliphatic heterocycles. The molecule has 0 saturated carbocycles. The maximum absolute atomic E-state index is 12.7. The van der Waals surface area contributed by atoms with Gasteiger partial charge in [0.25, 0.3) is 5.56 Å². The second kappa shape index (κ2) is 5.96. The Morgan fingerprint density at radius 2 is 2.09 bits per heavy atom. The first-order valence-electron chi connectivity index (χ1n) is 7.11. The van der Waals surface area contributed by atoms with Crippen LogP contribution in [0.25, 0.3) is 10.9 Å². The first-order chi connectivity index (χ1) is 10.6. The molecule has 0 N–H and O–H groups in total. The Bertz CT molecular complexity index is 867. The van der Waals surface area contributed by atoms with Crippen molar-refractivity contribution in [1.29, 1.82) is 0 Å². The Labute approximate surface area is 132 Å². The summed E-state index contributed by atoms with van der Waals surface area (Å²) < 4.78 is 7.09. The van der Waals surface area contributed by atoms with Gasteiger partial charge in [-0.3, -0.25) is 9.36 Å². The standard InChI is InChI=1S/C16H17N3O2S/c1-10(2)19-15(20)12-6-4-5-7-13(12)18-16(19)22-8-14-11(3)17-9-21-14/h4-7,9-10H,8H2,1-3H3. The first-order valence-corrected chi connectivity index (χ1v) is 8.09. The predicted molar refractivity (Wildman–Crippen MR) is 87.2 cm³/mol. The second-order valence-corrected chi connectivity index (χ2v) is 6.27. The van der Waals surface area contributed by atoms with Crippen LogP contribution in [0, 0.1) is 6.92 Å². The lowest BCUT2D eigenvalue weighted by Gasteiger charge is -2.15. The van der Waals surface area contributed by atoms with E-state index in [0.717, 1.165) is 17.0 Å². The third kappa shape index (κ3) is 2.66. The van der Waals surface area contributed by atoms with Gasteiger partial charge in [0.15, 0.2) is 11.6 Å². The van der Waals surface area contributed by atoms with Gasteiger partial charge in [0.2, 0.25) is 0 Å². The maximum atomic E-state index is 12.7. The van der Waals surface area contributed by atoms with Gasteiger partial charge >= 0.3 is 0 Å². The summed E-state index contributed by atoms with van der Waals surface area (Å²) in [5.74, 6) is 1.41. The Morgan fingerprint density at radius 1 is 1.32 bits per heavy atom. The Hall–Kier alpha value is -2.08. The van der Waals surface area contributed by atoms with Gasteiger partial charge in [-0.1, -0.05) is 23.9 Å². The minimum Gasteiger partial charge on any atom is -0.447 e. The number of para-hydroxylation sites is 1. The topological polar surface area (TPSA) is 60.9 Å². The smallest absolute Gasteiger partial charge is 0.262 e. The summed E-state index contributed by atoms with van der Waals surface area (Å²) in [5.41, 5.74) is 1.59. The molecule has 2 heterocycles. The van der Waals surface area contributed by atoms with Gasteiger partial charge < -0.3 is 4.42 Å². The average Bonchev–Trinajstić information content (AvgIpc) is 2.90. The SMILES string of the molecule is Cc1ncoc1CSc1nc2ccccc2c(=O)n1C(C)C. The molecule has 2 aromatic heterocycles. The van der Waals surface area contributed by atoms with Crippen LogP contribution in [0.3, 0.4) is 0 Å². The van der Waals surface area contributed by atoms with Gasteiger partial charge in [0.1, 0.15) is 5.76 Å². The quantitative estimate of drug-likeness (QED) is 0.544. The summed E-state index contributed by atoms with van der Waals surface area (Å²) in [4.78, 5) is 21.4. The molecule has 6 heteroatoms. The van der Waals surface area contributed by atoms with Gasteiger partial charge in [-0.05, 0) is 32.9 Å². The molecule has 0 fully saturated rings. The Morgan fingerprint density at radius 3 is 2.77 bits per heavy atom. The molecule has 0 spiro atoms. The number of nitrogens with zero attached hydrogens (tertiary/aromatic N) is 3. The van der Waals surface area contributed by atoms with E-state index in [9.17, 15) is 4.79 Å². The highest BCUT2D eigenvalue weighted by molar-refractivity contribution is 7.98. The molecule has 114 valence electrons. The third-order valence-corrected chi connectivity index (χ3v) is 4.42. The van der Waals surface area contributed by atoms with Crippen molar-refractivity contribution < 1.29 is 4.42 Å². The lowest BCUT2D eigenvalue weighted by molar-refractivity contribution is 0.512. The van der Waals surface area contributed by atoms with Crippen LogP contribution in [0.2, 0.25) is 0 Å². The number of fused-ring (bicyclic) bond motifs is 1. The molecule has 0 bridgehead atoms. The number of oxazole rings is 1. The zero-order valence-corrected chi connectivity index (χ0v) is 13.6. The molecule has 22 heavy (non-hydrogen) atoms. The minimum absolute atomic E-state index is 0.00241. The zero-order valence-electron chi connectivity index (χ0n) is 12.7. The zero-order chi connectivity index (χ0) is 15.7. The van der Waals surface area contributed by atoms with E-state index in [0.29, 0.717) is 16.3 Å². The molecule has 0 saturated heterocycles. The van der Waals surface area contributed by atoms with E-state index in [2.05, 4.69) is 9.97 Å². The maximum Gasteiger partial charge on any atom is 0.262 e. The summed E-state index contributed by atoms with van der Waals surface area (Å²) in [6.07, 6.45) is 1.44. The number of hydrogen-bond acceptors (Lipinski definition) is 5. The van der Waals surface area contributed by atoms with Crippen LogP contribution in [0.1, 0.15) is 31.3 Å². The van der Waals surface area contributed by atoms with Gasteiger partial charge in [-0.15, -0.1) is 0 Å². The van der Waals surface area contributed by atoms with E-state index >= 15 is 0 Å². The summed E-state index contributed by atoms with van der Waals surface area (Å²) in [7, 11) is 0. The molecule has 0 atom stereocenters.